The normalized spacial score (nSPS) is 32.2. The Kier molecular flexibility index (Phi) is 12.2. The predicted octanol–water partition coefficient (Wildman–Crippen LogP) is 4.98. The lowest BCUT2D eigenvalue weighted by Crippen LogP contribution is -2.37. The molecule has 1 aliphatic heterocycles. The van der Waals surface area contributed by atoms with Crippen molar-refractivity contribution in [3.8, 4) is 11.5 Å². The van der Waals surface area contributed by atoms with Crippen molar-refractivity contribution in [2.75, 3.05) is 26.6 Å². The quantitative estimate of drug-likeness (QED) is 0.229. The van der Waals surface area contributed by atoms with Crippen molar-refractivity contribution >= 4 is 17.7 Å². The van der Waals surface area contributed by atoms with E-state index < -0.39 is 24.2 Å². The molecule has 1 aliphatic rings. The van der Waals surface area contributed by atoms with Gasteiger partial charge in [-0.1, -0.05) is 45.1 Å². The molecule has 2 rings (SSSR count). The number of hydrogen-bond acceptors (Lipinski definition) is 8. The van der Waals surface area contributed by atoms with Gasteiger partial charge in [-0.05, 0) is 37.8 Å². The molecule has 0 radical (unpaired) electrons. The van der Waals surface area contributed by atoms with E-state index in [-0.39, 0.29) is 47.1 Å². The highest BCUT2D eigenvalue weighted by atomic mass is 16.6. The number of ether oxygens (including phenoxy) is 4. The predicted molar refractivity (Wildman–Crippen MR) is 153 cm³/mol. The molecule has 7 atom stereocenters. The number of allylic oxidation sites excluding steroid dienone is 2. The first-order chi connectivity index (χ1) is 18.8. The highest BCUT2D eigenvalue weighted by Crippen LogP contribution is 2.42. The molecule has 10 nitrogen and oxygen atoms in total. The van der Waals surface area contributed by atoms with Crippen LogP contribution in [0.1, 0.15) is 52.7 Å². The molecule has 0 saturated carbocycles. The Hall–Kier alpha value is -3.34. The summed E-state index contributed by atoms with van der Waals surface area (Å²) in [5.41, 5.74) is 6.91. The minimum absolute atomic E-state index is 0.0543. The van der Waals surface area contributed by atoms with Gasteiger partial charge in [-0.2, -0.15) is 0 Å². The molecule has 0 aliphatic carbocycles. The molecular weight excluding hydrogens is 516 g/mol. The molecule has 1 aromatic rings. The molecular formula is C30H44N2O8. The largest absolute Gasteiger partial charge is 0.508 e. The summed E-state index contributed by atoms with van der Waals surface area (Å²) in [7, 11) is 4.73. The zero-order chi connectivity index (χ0) is 30.1. The number of carbonyl (C=O) groups excluding carboxylic acids is 2. The summed E-state index contributed by atoms with van der Waals surface area (Å²) in [5.74, 6) is -1.43. The van der Waals surface area contributed by atoms with Crippen LogP contribution in [0.5, 0.6) is 11.5 Å². The molecule has 222 valence electrons. The number of rotatable bonds is 4. The first-order valence-corrected chi connectivity index (χ1v) is 13.3. The topological polar surface area (TPSA) is 150 Å². The SMILES string of the molecule is CO[C@H]1[C@@H](C)/C=C(\C)[C@@H](OC(N)=O)[C@H](C)/C=C/C=C(\C)C(=O)Nc2cc(O)cc(c2O)[C@H](OC)[C@@H](C)C[C@H]1OC. The van der Waals surface area contributed by atoms with Crippen molar-refractivity contribution in [3.63, 3.8) is 0 Å². The smallest absolute Gasteiger partial charge is 0.405 e. The fourth-order valence-electron chi connectivity index (χ4n) is 5.30. The average Bonchev–Trinajstić information content (AvgIpc) is 2.88. The Morgan fingerprint density at radius 2 is 1.68 bits per heavy atom. The number of nitrogens with one attached hydrogen (secondary N) is 1. The van der Waals surface area contributed by atoms with Crippen LogP contribution >= 0.6 is 0 Å². The molecule has 10 heteroatoms. The molecule has 1 heterocycles. The molecule has 0 spiro atoms. The summed E-state index contributed by atoms with van der Waals surface area (Å²) in [5, 5.41) is 24.2. The fourth-order valence-corrected chi connectivity index (χ4v) is 5.30. The third-order valence-corrected chi connectivity index (χ3v) is 7.33. The average molecular weight is 561 g/mol. The molecule has 0 aromatic heterocycles. The summed E-state index contributed by atoms with van der Waals surface area (Å²) in [4.78, 5) is 24.6. The zero-order valence-corrected chi connectivity index (χ0v) is 24.6. The maximum Gasteiger partial charge on any atom is 0.405 e. The molecule has 0 fully saturated rings. The number of hydrogen-bond donors (Lipinski definition) is 4. The Balaban J connectivity index is 2.67. The van der Waals surface area contributed by atoms with Crippen LogP contribution in [0.4, 0.5) is 10.5 Å². The molecule has 5 N–H and O–H groups in total. The van der Waals surface area contributed by atoms with Gasteiger partial charge in [-0.15, -0.1) is 0 Å². The second kappa shape index (κ2) is 14.9. The second-order valence-electron chi connectivity index (χ2n) is 10.5. The van der Waals surface area contributed by atoms with Crippen molar-refractivity contribution in [2.24, 2.45) is 23.5 Å². The number of nitrogens with two attached hydrogens (primary N) is 1. The molecule has 2 amide bonds. The van der Waals surface area contributed by atoms with Gasteiger partial charge in [0, 0.05) is 50.4 Å². The van der Waals surface area contributed by atoms with Crippen LogP contribution in [-0.4, -0.2) is 61.9 Å². The van der Waals surface area contributed by atoms with Crippen molar-refractivity contribution in [2.45, 2.75) is 65.5 Å². The first kappa shape index (κ1) is 32.9. The summed E-state index contributed by atoms with van der Waals surface area (Å²) < 4.78 is 23.0. The monoisotopic (exact) mass is 560 g/mol. The van der Waals surface area contributed by atoms with Crippen LogP contribution in [-0.2, 0) is 23.7 Å². The number of phenols is 2. The maximum atomic E-state index is 12.9. The van der Waals surface area contributed by atoms with Crippen LogP contribution in [0, 0.1) is 17.8 Å². The lowest BCUT2D eigenvalue weighted by Gasteiger charge is -2.33. The van der Waals surface area contributed by atoms with Gasteiger partial charge in [0.25, 0.3) is 5.91 Å². The highest BCUT2D eigenvalue weighted by molar-refractivity contribution is 6.04. The molecule has 40 heavy (non-hydrogen) atoms. The van der Waals surface area contributed by atoms with Crippen molar-refractivity contribution in [1.29, 1.82) is 0 Å². The molecule has 2 bridgehead atoms. The number of aromatic hydroxyl groups is 2. The van der Waals surface area contributed by atoms with Gasteiger partial charge in [-0.3, -0.25) is 4.79 Å². The summed E-state index contributed by atoms with van der Waals surface area (Å²) >= 11 is 0. The van der Waals surface area contributed by atoms with Gasteiger partial charge >= 0.3 is 6.09 Å². The summed E-state index contributed by atoms with van der Waals surface area (Å²) in [6.45, 7) is 9.30. The van der Waals surface area contributed by atoms with E-state index in [1.807, 2.05) is 33.8 Å². The number of benzene rings is 1. The van der Waals surface area contributed by atoms with Crippen LogP contribution in [0.2, 0.25) is 0 Å². The van der Waals surface area contributed by atoms with Crippen LogP contribution in [0.25, 0.3) is 0 Å². The number of amides is 2. The third kappa shape index (κ3) is 8.33. The lowest BCUT2D eigenvalue weighted by molar-refractivity contribution is -0.112. The number of anilines is 1. The van der Waals surface area contributed by atoms with E-state index in [2.05, 4.69) is 5.32 Å². The Labute approximate surface area is 236 Å². The number of primary amides is 1. The van der Waals surface area contributed by atoms with Gasteiger partial charge in [0.15, 0.2) is 0 Å². The van der Waals surface area contributed by atoms with E-state index in [9.17, 15) is 19.8 Å². The van der Waals surface area contributed by atoms with E-state index in [1.54, 1.807) is 39.4 Å². The Morgan fingerprint density at radius 1 is 1.00 bits per heavy atom. The molecule has 0 saturated heterocycles. The third-order valence-electron chi connectivity index (χ3n) is 7.33. The van der Waals surface area contributed by atoms with Gasteiger partial charge < -0.3 is 40.2 Å². The summed E-state index contributed by atoms with van der Waals surface area (Å²) in [6, 6.07) is 2.71. The van der Waals surface area contributed by atoms with Gasteiger partial charge in [0.05, 0.1) is 24.0 Å². The number of phenolic OH excluding ortho intramolecular Hbond substituents is 2. The van der Waals surface area contributed by atoms with E-state index in [0.29, 0.717) is 17.6 Å². The minimum atomic E-state index is -0.891. The van der Waals surface area contributed by atoms with Crippen molar-refractivity contribution in [3.05, 3.63) is 53.1 Å². The summed E-state index contributed by atoms with van der Waals surface area (Å²) in [6.07, 6.45) is 4.64. The number of methoxy groups -OCH3 is 3. The minimum Gasteiger partial charge on any atom is -0.508 e. The second-order valence-corrected chi connectivity index (χ2v) is 10.5. The van der Waals surface area contributed by atoms with E-state index >= 15 is 0 Å². The first-order valence-electron chi connectivity index (χ1n) is 13.3. The number of carbonyl (C=O) groups is 2. The maximum absolute atomic E-state index is 12.9. The Bertz CT molecular complexity index is 1130. The molecule has 1 aromatic carbocycles. The van der Waals surface area contributed by atoms with Gasteiger partial charge in [-0.25, -0.2) is 4.79 Å². The Morgan fingerprint density at radius 3 is 2.25 bits per heavy atom. The standard InChI is InChI=1S/C30H44N2O8/c1-16-10-9-11-17(2)29(35)32-23-15-21(33)14-22(25(23)34)27(38-7)20(5)13-24(37-6)28(39-8)19(4)12-18(3)26(16)40-30(31)36/h9-12,14-16,19-20,24,26-28,33-34H,13H2,1-8H3,(H2,31,36)(H,32,35)/b10-9+,17-11+,18-12+/t16-,19+,20+,24-,26+,27-,28+/m1/s1. The lowest BCUT2D eigenvalue weighted by atomic mass is 9.86. The van der Waals surface area contributed by atoms with Crippen LogP contribution < -0.4 is 11.1 Å². The van der Waals surface area contributed by atoms with Crippen molar-refractivity contribution < 1.29 is 38.7 Å². The zero-order valence-electron chi connectivity index (χ0n) is 24.6. The van der Waals surface area contributed by atoms with Crippen molar-refractivity contribution in [1.82, 2.24) is 0 Å². The molecule has 0 unspecified atom stereocenters. The fraction of sp³-hybridized carbons (Fsp3) is 0.533. The van der Waals surface area contributed by atoms with E-state index in [4.69, 9.17) is 24.7 Å². The highest BCUT2D eigenvalue weighted by Gasteiger charge is 2.33. The van der Waals surface area contributed by atoms with Crippen LogP contribution in [0.3, 0.4) is 0 Å². The van der Waals surface area contributed by atoms with Gasteiger partial charge in [0.2, 0.25) is 0 Å². The number of fused-ring (bicyclic) bond motifs is 2. The van der Waals surface area contributed by atoms with E-state index in [1.165, 1.54) is 19.2 Å². The van der Waals surface area contributed by atoms with E-state index in [0.717, 1.165) is 5.57 Å². The van der Waals surface area contributed by atoms with Gasteiger partial charge in [0.1, 0.15) is 17.6 Å². The van der Waals surface area contributed by atoms with Crippen LogP contribution in [0.15, 0.2) is 47.6 Å².